The molecule has 3 fully saturated rings. The number of nitrogens with one attached hydrogen (secondary N) is 3. The number of amides is 2. The van der Waals surface area contributed by atoms with Crippen LogP contribution in [-0.2, 0) is 6.54 Å². The van der Waals surface area contributed by atoms with Crippen molar-refractivity contribution in [1.82, 2.24) is 15.1 Å². The van der Waals surface area contributed by atoms with Crippen molar-refractivity contribution in [2.45, 2.75) is 75.9 Å². The highest BCUT2D eigenvalue weighted by Crippen LogP contribution is 2.46. The van der Waals surface area contributed by atoms with Crippen LogP contribution >= 0.6 is 0 Å². The maximum Gasteiger partial charge on any atom is 0.428 e. The van der Waals surface area contributed by atoms with Gasteiger partial charge in [0, 0.05) is 56.2 Å². The topological polar surface area (TPSA) is 89.3 Å². The first-order valence-electron chi connectivity index (χ1n) is 14.0. The average Bonchev–Trinajstić information content (AvgIpc) is 3.15. The van der Waals surface area contributed by atoms with Crippen LogP contribution in [-0.4, -0.2) is 43.1 Å². The van der Waals surface area contributed by atoms with Crippen LogP contribution in [0.25, 0.3) is 0 Å². The number of aliphatic imine (C=N–C) groups is 1. The van der Waals surface area contributed by atoms with Crippen LogP contribution in [0.2, 0.25) is 0 Å². The zero-order valence-corrected chi connectivity index (χ0v) is 22.0. The molecule has 2 aliphatic heterocycles. The van der Waals surface area contributed by atoms with Crippen LogP contribution in [0.1, 0.15) is 63.4 Å². The maximum absolute atomic E-state index is 14.8. The Morgan fingerprint density at radius 1 is 1.11 bits per heavy atom. The van der Waals surface area contributed by atoms with Crippen molar-refractivity contribution >= 4 is 23.2 Å². The average molecular weight is 518 g/mol. The second-order valence-corrected chi connectivity index (χ2v) is 10.8. The monoisotopic (exact) mass is 517 g/mol. The van der Waals surface area contributed by atoms with Crippen molar-refractivity contribution in [3.05, 3.63) is 59.9 Å². The summed E-state index contributed by atoms with van der Waals surface area (Å²) in [6.07, 6.45) is 8.34. The molecular weight excluding hydrogens is 479 g/mol. The number of hydrogen-bond acceptors (Lipinski definition) is 5. The molecule has 3 N–H and O–H groups in total. The number of hydrogen-bond donors (Lipinski definition) is 3. The van der Waals surface area contributed by atoms with Crippen molar-refractivity contribution < 1.29 is 9.18 Å². The number of unbranched alkanes of at least 4 members (excludes halogenated alkanes) is 1. The molecule has 1 spiro atoms. The standard InChI is InChI=1S/C30H37FN6O/c31-24-10-8-13-26(21-24)37(22-23-9-4-5-14-27(23)34-18-7-6-17-32)29(38)36-28(30(37)15-19-33-20-16-30)35-25-11-2-1-3-12-25/h4-5,8-10,13-14,21,25,33-34H,1-3,6-7,11-12,15-16,18-20,22H2/p+1. The predicted octanol–water partition coefficient (Wildman–Crippen LogP) is 5.63. The van der Waals surface area contributed by atoms with Gasteiger partial charge in [0.15, 0.2) is 11.4 Å². The van der Waals surface area contributed by atoms with E-state index in [9.17, 15) is 9.18 Å². The van der Waals surface area contributed by atoms with E-state index < -0.39 is 5.54 Å². The first-order valence-corrected chi connectivity index (χ1v) is 14.0. The Hall–Kier alpha value is -3.28. The fourth-order valence-electron chi connectivity index (χ4n) is 6.56. The molecule has 1 unspecified atom stereocenters. The molecule has 2 amide bonds. The summed E-state index contributed by atoms with van der Waals surface area (Å²) in [7, 11) is 0. The van der Waals surface area contributed by atoms with Gasteiger partial charge in [-0.1, -0.05) is 43.5 Å². The van der Waals surface area contributed by atoms with Crippen LogP contribution in [0, 0.1) is 17.1 Å². The van der Waals surface area contributed by atoms with E-state index in [2.05, 4.69) is 22.0 Å². The van der Waals surface area contributed by atoms with Crippen molar-refractivity contribution in [3.63, 3.8) is 0 Å². The zero-order valence-electron chi connectivity index (χ0n) is 22.0. The molecule has 0 aromatic heterocycles. The van der Waals surface area contributed by atoms with Gasteiger partial charge in [0.2, 0.25) is 0 Å². The molecule has 5 rings (SSSR count). The number of carbonyl (C=O) groups excluding carboxylic acids is 1. The molecule has 3 aliphatic rings. The van der Waals surface area contributed by atoms with E-state index in [0.29, 0.717) is 25.2 Å². The van der Waals surface area contributed by atoms with Crippen LogP contribution in [0.3, 0.4) is 0 Å². The summed E-state index contributed by atoms with van der Waals surface area (Å²) in [5, 5.41) is 19.1. The van der Waals surface area contributed by atoms with E-state index in [0.717, 1.165) is 62.3 Å². The number of nitriles is 1. The van der Waals surface area contributed by atoms with Gasteiger partial charge in [-0.2, -0.15) is 9.74 Å². The largest absolute Gasteiger partial charge is 0.428 e. The summed E-state index contributed by atoms with van der Waals surface area (Å²) in [6, 6.07) is 16.8. The van der Waals surface area contributed by atoms with E-state index >= 15 is 0 Å². The van der Waals surface area contributed by atoms with Crippen molar-refractivity contribution in [2.24, 2.45) is 4.99 Å². The normalized spacial score (nSPS) is 24.3. The summed E-state index contributed by atoms with van der Waals surface area (Å²) >= 11 is 0. The molecule has 38 heavy (non-hydrogen) atoms. The number of nitrogens with zero attached hydrogens (tertiary/aromatic N) is 3. The lowest BCUT2D eigenvalue weighted by Gasteiger charge is -2.46. The quantitative estimate of drug-likeness (QED) is 0.313. The number of anilines is 1. The lowest BCUT2D eigenvalue weighted by molar-refractivity contribution is 0.147. The SMILES string of the molecule is N#CCCCNc1ccccc1C[N+]1(c2cccc(F)c2)C(=O)NC(=NC2CCCCC2)C12CCNCC2. The van der Waals surface area contributed by atoms with E-state index in [-0.39, 0.29) is 22.4 Å². The third kappa shape index (κ3) is 4.93. The highest BCUT2D eigenvalue weighted by Gasteiger charge is 2.67. The van der Waals surface area contributed by atoms with Gasteiger partial charge in [-0.25, -0.2) is 9.18 Å². The van der Waals surface area contributed by atoms with Gasteiger partial charge in [-0.15, -0.1) is 0 Å². The minimum atomic E-state index is -0.610. The molecule has 0 radical (unpaired) electrons. The van der Waals surface area contributed by atoms with Crippen LogP contribution in [0.4, 0.5) is 20.6 Å². The third-order valence-electron chi connectivity index (χ3n) is 8.52. The predicted molar refractivity (Wildman–Crippen MR) is 149 cm³/mol. The molecule has 2 saturated heterocycles. The van der Waals surface area contributed by atoms with Gasteiger partial charge in [-0.05, 0) is 37.5 Å². The Bertz CT molecular complexity index is 1210. The number of para-hydroxylation sites is 1. The number of halogens is 1. The zero-order chi connectivity index (χ0) is 26.4. The first-order chi connectivity index (χ1) is 18.6. The van der Waals surface area contributed by atoms with Crippen molar-refractivity contribution in [2.75, 3.05) is 25.0 Å². The van der Waals surface area contributed by atoms with Crippen molar-refractivity contribution in [3.8, 4) is 6.07 Å². The van der Waals surface area contributed by atoms with Gasteiger partial charge >= 0.3 is 6.03 Å². The summed E-state index contributed by atoms with van der Waals surface area (Å²) < 4.78 is 14.7. The highest BCUT2D eigenvalue weighted by atomic mass is 19.1. The van der Waals surface area contributed by atoms with Gasteiger partial charge in [0.1, 0.15) is 18.0 Å². The second kappa shape index (κ2) is 11.6. The smallest absolute Gasteiger partial charge is 0.385 e. The van der Waals surface area contributed by atoms with E-state index in [1.165, 1.54) is 31.4 Å². The molecule has 0 bridgehead atoms. The molecular formula is C30H38FN6O+. The number of benzene rings is 2. The Morgan fingerprint density at radius 3 is 2.66 bits per heavy atom. The van der Waals surface area contributed by atoms with Gasteiger partial charge in [0.05, 0.1) is 12.1 Å². The molecule has 1 saturated carbocycles. The van der Waals surface area contributed by atoms with Crippen molar-refractivity contribution in [1.29, 1.82) is 5.26 Å². The number of amidine groups is 1. The Morgan fingerprint density at radius 2 is 1.89 bits per heavy atom. The molecule has 200 valence electrons. The minimum absolute atomic E-state index is 0.0329. The molecule has 2 heterocycles. The van der Waals surface area contributed by atoms with E-state index in [1.54, 1.807) is 6.07 Å². The molecule has 7 nitrogen and oxygen atoms in total. The number of carbonyl (C=O) groups is 1. The maximum atomic E-state index is 14.8. The lowest BCUT2D eigenvalue weighted by atomic mass is 9.82. The Balaban J connectivity index is 1.63. The van der Waals surface area contributed by atoms with Gasteiger partial charge < -0.3 is 10.6 Å². The van der Waals surface area contributed by atoms with Gasteiger partial charge in [0.25, 0.3) is 0 Å². The first kappa shape index (κ1) is 26.3. The van der Waals surface area contributed by atoms with Crippen LogP contribution < -0.4 is 20.4 Å². The number of quaternary nitrogens is 1. The summed E-state index contributed by atoms with van der Waals surface area (Å²) in [6.45, 7) is 2.57. The summed E-state index contributed by atoms with van der Waals surface area (Å²) in [4.78, 5) is 19.6. The number of rotatable bonds is 8. The van der Waals surface area contributed by atoms with Crippen LogP contribution in [0.5, 0.6) is 0 Å². The minimum Gasteiger partial charge on any atom is -0.385 e. The highest BCUT2D eigenvalue weighted by molar-refractivity contribution is 6.16. The number of urea groups is 1. The van der Waals surface area contributed by atoms with E-state index in [4.69, 9.17) is 10.3 Å². The molecule has 1 atom stereocenters. The lowest BCUT2D eigenvalue weighted by Crippen LogP contribution is -2.68. The third-order valence-corrected chi connectivity index (χ3v) is 8.52. The Kier molecular flexibility index (Phi) is 8.06. The van der Waals surface area contributed by atoms with Gasteiger partial charge in [-0.3, -0.25) is 10.3 Å². The summed E-state index contributed by atoms with van der Waals surface area (Å²) in [5.41, 5.74) is 1.97. The van der Waals surface area contributed by atoms with E-state index in [1.807, 2.05) is 30.3 Å². The fraction of sp³-hybridized carbons (Fsp3) is 0.500. The molecule has 2 aromatic rings. The molecule has 2 aromatic carbocycles. The summed E-state index contributed by atoms with van der Waals surface area (Å²) in [5.74, 6) is 0.428. The number of piperidine rings is 1. The second-order valence-electron chi connectivity index (χ2n) is 10.8. The Labute approximate surface area is 224 Å². The fourth-order valence-corrected chi connectivity index (χ4v) is 6.56. The molecule has 8 heteroatoms. The van der Waals surface area contributed by atoms with Crippen LogP contribution in [0.15, 0.2) is 53.5 Å². The molecule has 1 aliphatic carbocycles.